The summed E-state index contributed by atoms with van der Waals surface area (Å²) in [6, 6.07) is 0. The molecule has 0 atom stereocenters. The van der Waals surface area contributed by atoms with Gasteiger partial charge in [0, 0.05) is 19.4 Å². The molecule has 0 aliphatic carbocycles. The Bertz CT molecular complexity index is 286. The van der Waals surface area contributed by atoms with Crippen LogP contribution < -0.4 is 5.32 Å². The van der Waals surface area contributed by atoms with Crippen molar-refractivity contribution in [2.75, 3.05) is 13.2 Å². The molecule has 0 aromatic rings. The van der Waals surface area contributed by atoms with Crippen LogP contribution in [0.15, 0.2) is 11.8 Å². The van der Waals surface area contributed by atoms with Gasteiger partial charge >= 0.3 is 5.97 Å². The molecule has 1 aliphatic heterocycles. The molecule has 0 saturated heterocycles. The Morgan fingerprint density at radius 3 is 2.81 bits per heavy atom. The highest BCUT2D eigenvalue weighted by Gasteiger charge is 2.13. The third kappa shape index (κ3) is 4.82. The van der Waals surface area contributed by atoms with Crippen molar-refractivity contribution in [2.45, 2.75) is 32.1 Å². The molecular formula is C11H17NO4. The van der Waals surface area contributed by atoms with Gasteiger partial charge in [-0.25, -0.2) is 0 Å². The lowest BCUT2D eigenvalue weighted by molar-refractivity contribution is -0.137. The monoisotopic (exact) mass is 227 g/mol. The van der Waals surface area contributed by atoms with Crippen LogP contribution in [0.4, 0.5) is 0 Å². The SMILES string of the molecule is O=C(O)CCCCCNC(=O)C1=COCC1. The van der Waals surface area contributed by atoms with Crippen molar-refractivity contribution >= 4 is 11.9 Å². The predicted molar refractivity (Wildman–Crippen MR) is 57.8 cm³/mol. The van der Waals surface area contributed by atoms with Crippen LogP contribution in [0.1, 0.15) is 32.1 Å². The number of aliphatic carboxylic acids is 1. The van der Waals surface area contributed by atoms with Gasteiger partial charge in [-0.05, 0) is 12.8 Å². The fourth-order valence-corrected chi connectivity index (χ4v) is 1.45. The number of nitrogens with one attached hydrogen (secondary N) is 1. The summed E-state index contributed by atoms with van der Waals surface area (Å²) in [4.78, 5) is 21.7. The van der Waals surface area contributed by atoms with Crippen LogP contribution in [0.3, 0.4) is 0 Å². The van der Waals surface area contributed by atoms with E-state index in [1.165, 1.54) is 6.26 Å². The quantitative estimate of drug-likeness (QED) is 0.637. The third-order valence-corrected chi connectivity index (χ3v) is 2.36. The molecule has 1 aliphatic rings. The average molecular weight is 227 g/mol. The van der Waals surface area contributed by atoms with Gasteiger partial charge in [0.1, 0.15) is 0 Å². The van der Waals surface area contributed by atoms with Crippen LogP contribution in [0.5, 0.6) is 0 Å². The van der Waals surface area contributed by atoms with E-state index in [1.54, 1.807) is 0 Å². The van der Waals surface area contributed by atoms with Crippen LogP contribution in [-0.4, -0.2) is 30.1 Å². The fraction of sp³-hybridized carbons (Fsp3) is 0.636. The first-order valence-corrected chi connectivity index (χ1v) is 5.51. The molecule has 1 heterocycles. The van der Waals surface area contributed by atoms with Crippen molar-refractivity contribution in [1.29, 1.82) is 0 Å². The first kappa shape index (κ1) is 12.5. The summed E-state index contributed by atoms with van der Waals surface area (Å²) >= 11 is 0. The number of hydrogen-bond acceptors (Lipinski definition) is 3. The molecule has 2 N–H and O–H groups in total. The predicted octanol–water partition coefficient (Wildman–Crippen LogP) is 1.05. The number of ether oxygens (including phenoxy) is 1. The maximum Gasteiger partial charge on any atom is 0.303 e. The number of carbonyl (C=O) groups is 2. The molecule has 0 fully saturated rings. The molecule has 0 radical (unpaired) electrons. The van der Waals surface area contributed by atoms with Crippen molar-refractivity contribution in [2.24, 2.45) is 0 Å². The van der Waals surface area contributed by atoms with E-state index >= 15 is 0 Å². The lowest BCUT2D eigenvalue weighted by Crippen LogP contribution is -2.25. The van der Waals surface area contributed by atoms with Crippen molar-refractivity contribution in [3.8, 4) is 0 Å². The normalized spacial score (nSPS) is 14.1. The number of hydrogen-bond donors (Lipinski definition) is 2. The van der Waals surface area contributed by atoms with Gasteiger partial charge in [-0.3, -0.25) is 9.59 Å². The second kappa shape index (κ2) is 6.87. The van der Waals surface area contributed by atoms with Gasteiger partial charge in [0.25, 0.3) is 0 Å². The van der Waals surface area contributed by atoms with E-state index in [4.69, 9.17) is 9.84 Å². The summed E-state index contributed by atoms with van der Waals surface area (Å²) in [7, 11) is 0. The molecule has 5 nitrogen and oxygen atoms in total. The van der Waals surface area contributed by atoms with Gasteiger partial charge in [0.2, 0.25) is 5.91 Å². The highest BCUT2D eigenvalue weighted by molar-refractivity contribution is 5.93. The lowest BCUT2D eigenvalue weighted by atomic mass is 10.2. The second-order valence-corrected chi connectivity index (χ2v) is 3.72. The van der Waals surface area contributed by atoms with E-state index in [2.05, 4.69) is 5.32 Å². The summed E-state index contributed by atoms with van der Waals surface area (Å²) in [6.45, 7) is 1.18. The molecule has 0 aromatic carbocycles. The molecule has 0 bridgehead atoms. The van der Waals surface area contributed by atoms with Crippen molar-refractivity contribution in [3.05, 3.63) is 11.8 Å². The Morgan fingerprint density at radius 2 is 2.19 bits per heavy atom. The van der Waals surface area contributed by atoms with E-state index in [0.29, 0.717) is 31.6 Å². The van der Waals surface area contributed by atoms with Gasteiger partial charge in [0.15, 0.2) is 0 Å². The van der Waals surface area contributed by atoms with E-state index < -0.39 is 5.97 Å². The number of carboxylic acid groups (broad SMARTS) is 1. The smallest absolute Gasteiger partial charge is 0.303 e. The van der Waals surface area contributed by atoms with Gasteiger partial charge in [-0.15, -0.1) is 0 Å². The van der Waals surface area contributed by atoms with E-state index in [-0.39, 0.29) is 12.3 Å². The molecule has 0 aromatic heterocycles. The van der Waals surface area contributed by atoms with Crippen LogP contribution in [0.2, 0.25) is 0 Å². The summed E-state index contributed by atoms with van der Waals surface area (Å²) < 4.78 is 4.96. The van der Waals surface area contributed by atoms with Crippen molar-refractivity contribution < 1.29 is 19.4 Å². The van der Waals surface area contributed by atoms with Crippen LogP contribution in [0.25, 0.3) is 0 Å². The fourth-order valence-electron chi connectivity index (χ4n) is 1.45. The molecule has 0 unspecified atom stereocenters. The minimum Gasteiger partial charge on any atom is -0.500 e. The number of carboxylic acids is 1. The zero-order chi connectivity index (χ0) is 11.8. The Kier molecular flexibility index (Phi) is 5.39. The lowest BCUT2D eigenvalue weighted by Gasteiger charge is -2.03. The number of rotatable bonds is 7. The van der Waals surface area contributed by atoms with Crippen LogP contribution in [0, 0.1) is 0 Å². The highest BCUT2D eigenvalue weighted by Crippen LogP contribution is 2.09. The molecule has 0 spiro atoms. The topological polar surface area (TPSA) is 75.6 Å². The van der Waals surface area contributed by atoms with Gasteiger partial charge in [-0.1, -0.05) is 6.42 Å². The Labute approximate surface area is 94.5 Å². The summed E-state index contributed by atoms with van der Waals surface area (Å²) in [5, 5.41) is 11.2. The van der Waals surface area contributed by atoms with Crippen LogP contribution >= 0.6 is 0 Å². The Hall–Kier alpha value is -1.52. The van der Waals surface area contributed by atoms with Gasteiger partial charge in [0.05, 0.1) is 18.4 Å². The van der Waals surface area contributed by atoms with Gasteiger partial charge < -0.3 is 15.2 Å². The maximum atomic E-state index is 11.4. The summed E-state index contributed by atoms with van der Waals surface area (Å²) in [5.74, 6) is -0.840. The first-order valence-electron chi connectivity index (χ1n) is 5.51. The molecule has 1 rings (SSSR count). The number of unbranched alkanes of at least 4 members (excludes halogenated alkanes) is 2. The van der Waals surface area contributed by atoms with E-state index in [0.717, 1.165) is 12.8 Å². The molecule has 90 valence electrons. The zero-order valence-corrected chi connectivity index (χ0v) is 9.20. The summed E-state index contributed by atoms with van der Waals surface area (Å²) in [6.07, 6.45) is 4.67. The molecule has 1 amide bonds. The average Bonchev–Trinajstić information content (AvgIpc) is 2.75. The minimum absolute atomic E-state index is 0.0734. The third-order valence-electron chi connectivity index (χ3n) is 2.36. The Morgan fingerprint density at radius 1 is 1.38 bits per heavy atom. The van der Waals surface area contributed by atoms with E-state index in [1.807, 2.05) is 0 Å². The standard InChI is InChI=1S/C11H17NO4/c13-10(14)4-2-1-3-6-12-11(15)9-5-7-16-8-9/h8H,1-7H2,(H,12,15)(H,13,14). The van der Waals surface area contributed by atoms with E-state index in [9.17, 15) is 9.59 Å². The Balaban J connectivity index is 1.98. The number of carbonyl (C=O) groups excluding carboxylic acids is 1. The zero-order valence-electron chi connectivity index (χ0n) is 9.20. The molecule has 16 heavy (non-hydrogen) atoms. The van der Waals surface area contributed by atoms with Crippen molar-refractivity contribution in [1.82, 2.24) is 5.32 Å². The van der Waals surface area contributed by atoms with Crippen molar-refractivity contribution in [3.63, 3.8) is 0 Å². The van der Waals surface area contributed by atoms with Gasteiger partial charge in [-0.2, -0.15) is 0 Å². The molecule has 0 saturated carbocycles. The highest BCUT2D eigenvalue weighted by atomic mass is 16.5. The molecule has 5 heteroatoms. The summed E-state index contributed by atoms with van der Waals surface area (Å²) in [5.41, 5.74) is 0.686. The first-order chi connectivity index (χ1) is 7.70. The minimum atomic E-state index is -0.766. The molecular weight excluding hydrogens is 210 g/mol. The largest absolute Gasteiger partial charge is 0.500 e. The second-order valence-electron chi connectivity index (χ2n) is 3.72. The van der Waals surface area contributed by atoms with Crippen LogP contribution in [-0.2, 0) is 14.3 Å². The maximum absolute atomic E-state index is 11.4. The number of amides is 1.